The fourth-order valence-corrected chi connectivity index (χ4v) is 1.22. The van der Waals surface area contributed by atoms with Crippen LogP contribution in [0, 0.1) is 0 Å². The fraction of sp³-hybridized carbons (Fsp3) is 0.462. The topological polar surface area (TPSA) is 38.3 Å². The molecule has 0 aromatic heterocycles. The first kappa shape index (κ1) is 13.8. The Hall–Kier alpha value is -1.22. The summed E-state index contributed by atoms with van der Waals surface area (Å²) in [5.74, 6) is 0.505. The second-order valence-electron chi connectivity index (χ2n) is 4.49. The first-order valence-electron chi connectivity index (χ1n) is 5.55. The van der Waals surface area contributed by atoms with Gasteiger partial charge in [0.2, 0.25) is 0 Å². The number of rotatable bonds is 5. The summed E-state index contributed by atoms with van der Waals surface area (Å²) in [4.78, 5) is 11.6. The predicted molar refractivity (Wildman–Crippen MR) is 69.5 cm³/mol. The van der Waals surface area contributed by atoms with Crippen molar-refractivity contribution in [3.63, 3.8) is 0 Å². The third-order valence-electron chi connectivity index (χ3n) is 2.57. The quantitative estimate of drug-likeness (QED) is 0.822. The van der Waals surface area contributed by atoms with E-state index in [0.717, 1.165) is 0 Å². The summed E-state index contributed by atoms with van der Waals surface area (Å²) in [6, 6.07) is 9.23. The lowest BCUT2D eigenvalue weighted by atomic mass is 10.0. The third kappa shape index (κ3) is 4.65. The Kier molecular flexibility index (Phi) is 4.82. The van der Waals surface area contributed by atoms with E-state index in [2.05, 4.69) is 5.32 Å². The molecule has 0 spiro atoms. The van der Waals surface area contributed by atoms with Crippen molar-refractivity contribution in [1.82, 2.24) is 5.32 Å². The minimum absolute atomic E-state index is 0.00292. The summed E-state index contributed by atoms with van der Waals surface area (Å²) in [5, 5.41) is 2.68. The standard InChI is InChI=1S/C13H18ClNO2/c1-10(14)13(2,3)15-12(16)9-17-11-7-5-4-6-8-11/h4-8,10H,9H2,1-3H3,(H,15,16). The van der Waals surface area contributed by atoms with E-state index in [-0.39, 0.29) is 17.9 Å². The molecule has 0 aliphatic heterocycles. The summed E-state index contributed by atoms with van der Waals surface area (Å²) in [5.41, 5.74) is -0.446. The van der Waals surface area contributed by atoms with Gasteiger partial charge in [0.25, 0.3) is 5.91 Å². The van der Waals surface area contributed by atoms with Gasteiger partial charge < -0.3 is 10.1 Å². The average Bonchev–Trinajstić information content (AvgIpc) is 2.27. The van der Waals surface area contributed by atoms with E-state index in [1.807, 2.05) is 51.1 Å². The molecule has 1 amide bonds. The molecule has 1 atom stereocenters. The van der Waals surface area contributed by atoms with Gasteiger partial charge in [0.15, 0.2) is 6.61 Å². The molecule has 1 aromatic carbocycles. The molecule has 1 rings (SSSR count). The second-order valence-corrected chi connectivity index (χ2v) is 5.14. The molecular formula is C13H18ClNO2. The van der Waals surface area contributed by atoms with Gasteiger partial charge in [-0.15, -0.1) is 11.6 Å². The lowest BCUT2D eigenvalue weighted by Crippen LogP contribution is -2.50. The van der Waals surface area contributed by atoms with Crippen molar-refractivity contribution in [2.75, 3.05) is 6.61 Å². The first-order chi connectivity index (χ1) is 7.92. The SMILES string of the molecule is CC(Cl)C(C)(C)NC(=O)COc1ccccc1. The molecule has 0 saturated heterocycles. The van der Waals surface area contributed by atoms with Gasteiger partial charge in [0.1, 0.15) is 5.75 Å². The van der Waals surface area contributed by atoms with Gasteiger partial charge in [-0.05, 0) is 32.9 Å². The van der Waals surface area contributed by atoms with Crippen LogP contribution in [0.1, 0.15) is 20.8 Å². The molecular weight excluding hydrogens is 238 g/mol. The van der Waals surface area contributed by atoms with Crippen LogP contribution >= 0.6 is 11.6 Å². The number of hydrogen-bond donors (Lipinski definition) is 1. The summed E-state index contributed by atoms with van der Waals surface area (Å²) in [6.07, 6.45) is 0. The number of carbonyl (C=O) groups is 1. The zero-order chi connectivity index (χ0) is 12.9. The highest BCUT2D eigenvalue weighted by Gasteiger charge is 2.25. The Morgan fingerprint density at radius 1 is 1.41 bits per heavy atom. The number of nitrogens with one attached hydrogen (secondary N) is 1. The van der Waals surface area contributed by atoms with Crippen LogP contribution in [0.3, 0.4) is 0 Å². The van der Waals surface area contributed by atoms with Crippen molar-refractivity contribution < 1.29 is 9.53 Å². The van der Waals surface area contributed by atoms with Gasteiger partial charge in [-0.2, -0.15) is 0 Å². The zero-order valence-electron chi connectivity index (χ0n) is 10.4. The molecule has 3 nitrogen and oxygen atoms in total. The minimum Gasteiger partial charge on any atom is -0.484 e. The number of amides is 1. The zero-order valence-corrected chi connectivity index (χ0v) is 11.1. The van der Waals surface area contributed by atoms with Crippen molar-refractivity contribution in [3.05, 3.63) is 30.3 Å². The van der Waals surface area contributed by atoms with E-state index >= 15 is 0 Å². The molecule has 1 aromatic rings. The molecule has 0 aliphatic rings. The van der Waals surface area contributed by atoms with Crippen LogP contribution in [-0.2, 0) is 4.79 Å². The normalized spacial score (nSPS) is 12.9. The van der Waals surface area contributed by atoms with Crippen LogP contribution in [0.15, 0.2) is 30.3 Å². The van der Waals surface area contributed by atoms with Crippen LogP contribution in [0.25, 0.3) is 0 Å². The Bertz CT molecular complexity index is 363. The number of para-hydroxylation sites is 1. The summed E-state index contributed by atoms with van der Waals surface area (Å²) < 4.78 is 5.34. The summed E-state index contributed by atoms with van der Waals surface area (Å²) >= 11 is 5.98. The van der Waals surface area contributed by atoms with Gasteiger partial charge in [-0.1, -0.05) is 18.2 Å². The first-order valence-corrected chi connectivity index (χ1v) is 5.98. The van der Waals surface area contributed by atoms with Crippen LogP contribution in [0.2, 0.25) is 0 Å². The Morgan fingerprint density at radius 2 is 2.00 bits per heavy atom. The highest BCUT2D eigenvalue weighted by atomic mass is 35.5. The summed E-state index contributed by atoms with van der Waals surface area (Å²) in [6.45, 7) is 5.60. The van der Waals surface area contributed by atoms with E-state index in [9.17, 15) is 4.79 Å². The molecule has 94 valence electrons. The monoisotopic (exact) mass is 255 g/mol. The number of carbonyl (C=O) groups excluding carboxylic acids is 1. The maximum atomic E-state index is 11.6. The smallest absolute Gasteiger partial charge is 0.258 e. The predicted octanol–water partition coefficient (Wildman–Crippen LogP) is 2.59. The number of benzene rings is 1. The maximum absolute atomic E-state index is 11.6. The van der Waals surface area contributed by atoms with Gasteiger partial charge in [-0.3, -0.25) is 4.79 Å². The lowest BCUT2D eigenvalue weighted by molar-refractivity contribution is -0.124. The number of alkyl halides is 1. The highest BCUT2D eigenvalue weighted by Crippen LogP contribution is 2.14. The molecule has 0 heterocycles. The molecule has 1 N–H and O–H groups in total. The molecule has 0 aliphatic carbocycles. The van der Waals surface area contributed by atoms with Gasteiger partial charge in [0, 0.05) is 0 Å². The number of ether oxygens (including phenoxy) is 1. The van der Waals surface area contributed by atoms with E-state index in [1.165, 1.54) is 0 Å². The van der Waals surface area contributed by atoms with Crippen LogP contribution in [-0.4, -0.2) is 23.4 Å². The van der Waals surface area contributed by atoms with Crippen LogP contribution in [0.5, 0.6) is 5.75 Å². The van der Waals surface area contributed by atoms with Gasteiger partial charge in [0.05, 0.1) is 10.9 Å². The molecule has 1 unspecified atom stereocenters. The van der Waals surface area contributed by atoms with Crippen molar-refractivity contribution in [2.24, 2.45) is 0 Å². The second kappa shape index (κ2) is 5.92. The summed E-state index contributed by atoms with van der Waals surface area (Å²) in [7, 11) is 0. The van der Waals surface area contributed by atoms with Crippen molar-refractivity contribution in [3.8, 4) is 5.75 Å². The molecule has 0 bridgehead atoms. The average molecular weight is 256 g/mol. The van der Waals surface area contributed by atoms with Gasteiger partial charge in [-0.25, -0.2) is 0 Å². The van der Waals surface area contributed by atoms with E-state index < -0.39 is 5.54 Å². The number of halogens is 1. The minimum atomic E-state index is -0.446. The van der Waals surface area contributed by atoms with E-state index in [0.29, 0.717) is 5.75 Å². The van der Waals surface area contributed by atoms with Gasteiger partial charge >= 0.3 is 0 Å². The molecule has 17 heavy (non-hydrogen) atoms. The van der Waals surface area contributed by atoms with E-state index in [4.69, 9.17) is 16.3 Å². The lowest BCUT2D eigenvalue weighted by Gasteiger charge is -2.28. The van der Waals surface area contributed by atoms with E-state index in [1.54, 1.807) is 0 Å². The largest absolute Gasteiger partial charge is 0.484 e. The Labute approximate surface area is 107 Å². The van der Waals surface area contributed by atoms with Crippen molar-refractivity contribution in [1.29, 1.82) is 0 Å². The molecule has 4 heteroatoms. The van der Waals surface area contributed by atoms with Crippen LogP contribution in [0.4, 0.5) is 0 Å². The Morgan fingerprint density at radius 3 is 2.53 bits per heavy atom. The Balaban J connectivity index is 2.41. The fourth-order valence-electron chi connectivity index (χ4n) is 1.16. The van der Waals surface area contributed by atoms with Crippen LogP contribution < -0.4 is 10.1 Å². The molecule has 0 saturated carbocycles. The molecule has 0 fully saturated rings. The third-order valence-corrected chi connectivity index (χ3v) is 3.11. The maximum Gasteiger partial charge on any atom is 0.258 e. The number of hydrogen-bond acceptors (Lipinski definition) is 2. The van der Waals surface area contributed by atoms with Crippen molar-refractivity contribution >= 4 is 17.5 Å². The highest BCUT2D eigenvalue weighted by molar-refractivity contribution is 6.21. The van der Waals surface area contributed by atoms with Crippen molar-refractivity contribution in [2.45, 2.75) is 31.7 Å². The molecule has 0 radical (unpaired) electrons.